The molecule has 2 aromatic rings. The normalized spacial score (nSPS) is 15.9. The minimum absolute atomic E-state index is 0.165. The lowest BCUT2D eigenvalue weighted by Gasteiger charge is -2.33. The van der Waals surface area contributed by atoms with Crippen molar-refractivity contribution in [1.29, 1.82) is 0 Å². The van der Waals surface area contributed by atoms with Crippen molar-refractivity contribution in [3.63, 3.8) is 0 Å². The van der Waals surface area contributed by atoms with E-state index in [2.05, 4.69) is 38.0 Å². The summed E-state index contributed by atoms with van der Waals surface area (Å²) in [6.45, 7) is 2.98. The van der Waals surface area contributed by atoms with Crippen LogP contribution in [0.15, 0.2) is 46.8 Å². The lowest BCUT2D eigenvalue weighted by molar-refractivity contribution is 0.462. The van der Waals surface area contributed by atoms with E-state index in [1.165, 1.54) is 11.1 Å². The molecule has 0 aliphatic carbocycles. The molecule has 140 valence electrons. The van der Waals surface area contributed by atoms with Crippen molar-refractivity contribution in [2.24, 2.45) is 4.99 Å². The SMILES string of the molecule is CN=C(NCCCc1cccc(F)c1)NC1CCN(c2cccs2)CC1. The van der Waals surface area contributed by atoms with E-state index >= 15 is 0 Å². The first-order valence-electron chi connectivity index (χ1n) is 9.24. The van der Waals surface area contributed by atoms with E-state index in [9.17, 15) is 4.39 Å². The summed E-state index contributed by atoms with van der Waals surface area (Å²) in [5.41, 5.74) is 1.04. The van der Waals surface area contributed by atoms with Crippen molar-refractivity contribution >= 4 is 22.3 Å². The quantitative estimate of drug-likeness (QED) is 0.461. The van der Waals surface area contributed by atoms with E-state index in [-0.39, 0.29) is 5.82 Å². The van der Waals surface area contributed by atoms with E-state index in [4.69, 9.17) is 0 Å². The van der Waals surface area contributed by atoms with Crippen LogP contribution in [-0.4, -0.2) is 38.7 Å². The zero-order valence-corrected chi connectivity index (χ0v) is 16.1. The van der Waals surface area contributed by atoms with Gasteiger partial charge in [0.1, 0.15) is 5.82 Å². The first-order valence-corrected chi connectivity index (χ1v) is 10.1. The Morgan fingerprint density at radius 3 is 2.81 bits per heavy atom. The molecule has 1 fully saturated rings. The smallest absolute Gasteiger partial charge is 0.191 e. The van der Waals surface area contributed by atoms with Crippen LogP contribution in [0.2, 0.25) is 0 Å². The van der Waals surface area contributed by atoms with Gasteiger partial charge in [-0.05, 0) is 60.9 Å². The molecule has 2 heterocycles. The second-order valence-corrected chi connectivity index (χ2v) is 7.52. The lowest BCUT2D eigenvalue weighted by Crippen LogP contribution is -2.48. The van der Waals surface area contributed by atoms with Gasteiger partial charge in [0.05, 0.1) is 5.00 Å². The van der Waals surface area contributed by atoms with Crippen molar-refractivity contribution in [2.45, 2.75) is 31.7 Å². The predicted octanol–water partition coefficient (Wildman–Crippen LogP) is 3.65. The van der Waals surface area contributed by atoms with Gasteiger partial charge in [-0.2, -0.15) is 0 Å². The van der Waals surface area contributed by atoms with Crippen LogP contribution < -0.4 is 15.5 Å². The van der Waals surface area contributed by atoms with Gasteiger partial charge in [-0.15, -0.1) is 11.3 Å². The van der Waals surface area contributed by atoms with E-state index in [1.807, 2.05) is 24.5 Å². The molecule has 0 amide bonds. The fourth-order valence-corrected chi connectivity index (χ4v) is 4.06. The van der Waals surface area contributed by atoms with Crippen LogP contribution in [0.1, 0.15) is 24.8 Å². The van der Waals surface area contributed by atoms with Gasteiger partial charge in [-0.3, -0.25) is 4.99 Å². The van der Waals surface area contributed by atoms with Gasteiger partial charge in [-0.25, -0.2) is 4.39 Å². The molecule has 1 aromatic carbocycles. The van der Waals surface area contributed by atoms with Gasteiger partial charge >= 0.3 is 0 Å². The molecule has 2 N–H and O–H groups in total. The highest BCUT2D eigenvalue weighted by Gasteiger charge is 2.20. The zero-order chi connectivity index (χ0) is 18.2. The Hall–Kier alpha value is -2.08. The van der Waals surface area contributed by atoms with Crippen LogP contribution >= 0.6 is 11.3 Å². The van der Waals surface area contributed by atoms with Crippen LogP contribution in [-0.2, 0) is 6.42 Å². The highest BCUT2D eigenvalue weighted by molar-refractivity contribution is 7.14. The fourth-order valence-electron chi connectivity index (χ4n) is 3.27. The molecule has 0 saturated carbocycles. The largest absolute Gasteiger partial charge is 0.363 e. The molecule has 3 rings (SSSR count). The Balaban J connectivity index is 1.36. The number of halogens is 1. The molecule has 0 radical (unpaired) electrons. The highest BCUT2D eigenvalue weighted by atomic mass is 32.1. The maximum atomic E-state index is 13.2. The highest BCUT2D eigenvalue weighted by Crippen LogP contribution is 2.24. The first kappa shape index (κ1) is 18.7. The first-order chi connectivity index (χ1) is 12.7. The number of piperidine rings is 1. The summed E-state index contributed by atoms with van der Waals surface area (Å²) in [6.07, 6.45) is 4.03. The molecular formula is C20H27FN4S. The van der Waals surface area contributed by atoms with Crippen molar-refractivity contribution in [3.05, 3.63) is 53.2 Å². The number of aryl methyl sites for hydroxylation is 1. The average Bonchev–Trinajstić information content (AvgIpc) is 3.19. The van der Waals surface area contributed by atoms with Crippen molar-refractivity contribution in [1.82, 2.24) is 10.6 Å². The summed E-state index contributed by atoms with van der Waals surface area (Å²) >= 11 is 1.81. The van der Waals surface area contributed by atoms with Gasteiger partial charge in [0.2, 0.25) is 0 Å². The molecule has 6 heteroatoms. The van der Waals surface area contributed by atoms with Crippen LogP contribution in [0, 0.1) is 5.82 Å². The molecular weight excluding hydrogens is 347 g/mol. The van der Waals surface area contributed by atoms with E-state index in [0.29, 0.717) is 6.04 Å². The Morgan fingerprint density at radius 2 is 2.12 bits per heavy atom. The topological polar surface area (TPSA) is 39.7 Å². The number of rotatable bonds is 6. The van der Waals surface area contributed by atoms with Crippen molar-refractivity contribution < 1.29 is 4.39 Å². The third kappa shape index (κ3) is 5.46. The maximum absolute atomic E-state index is 13.2. The third-order valence-electron chi connectivity index (χ3n) is 4.70. The van der Waals surface area contributed by atoms with E-state index in [1.54, 1.807) is 12.1 Å². The Bertz CT molecular complexity index is 694. The number of benzene rings is 1. The van der Waals surface area contributed by atoms with Crippen LogP contribution in [0.4, 0.5) is 9.39 Å². The molecule has 1 aromatic heterocycles. The molecule has 0 bridgehead atoms. The molecule has 4 nitrogen and oxygen atoms in total. The lowest BCUT2D eigenvalue weighted by atomic mass is 10.1. The second kappa shape index (κ2) is 9.57. The molecule has 1 aliphatic rings. The summed E-state index contributed by atoms with van der Waals surface area (Å²) < 4.78 is 13.2. The Labute approximate surface area is 159 Å². The van der Waals surface area contributed by atoms with Crippen molar-refractivity contribution in [3.8, 4) is 0 Å². The number of guanidine groups is 1. The Kier molecular flexibility index (Phi) is 6.89. The summed E-state index contributed by atoms with van der Waals surface area (Å²) in [4.78, 5) is 6.79. The van der Waals surface area contributed by atoms with Crippen LogP contribution in [0.5, 0.6) is 0 Å². The molecule has 0 unspecified atom stereocenters. The number of hydrogen-bond donors (Lipinski definition) is 2. The van der Waals surface area contributed by atoms with Gasteiger partial charge in [-0.1, -0.05) is 12.1 Å². The van der Waals surface area contributed by atoms with Crippen LogP contribution in [0.25, 0.3) is 0 Å². The van der Waals surface area contributed by atoms with E-state index < -0.39 is 0 Å². The maximum Gasteiger partial charge on any atom is 0.191 e. The van der Waals surface area contributed by atoms with Gasteiger partial charge in [0.15, 0.2) is 5.96 Å². The molecule has 0 spiro atoms. The molecule has 26 heavy (non-hydrogen) atoms. The summed E-state index contributed by atoms with van der Waals surface area (Å²) in [7, 11) is 1.81. The van der Waals surface area contributed by atoms with Gasteiger partial charge < -0.3 is 15.5 Å². The molecule has 0 atom stereocenters. The van der Waals surface area contributed by atoms with E-state index in [0.717, 1.165) is 56.8 Å². The molecule has 1 aliphatic heterocycles. The monoisotopic (exact) mass is 374 g/mol. The third-order valence-corrected chi connectivity index (χ3v) is 5.63. The number of nitrogens with zero attached hydrogens (tertiary/aromatic N) is 2. The number of aliphatic imine (C=N–C) groups is 1. The predicted molar refractivity (Wildman–Crippen MR) is 109 cm³/mol. The number of thiophene rings is 1. The fraction of sp³-hybridized carbons (Fsp3) is 0.450. The number of anilines is 1. The summed E-state index contributed by atoms with van der Waals surface area (Å²) in [5, 5.41) is 10.4. The van der Waals surface area contributed by atoms with Crippen LogP contribution in [0.3, 0.4) is 0 Å². The summed E-state index contributed by atoms with van der Waals surface area (Å²) in [5.74, 6) is 0.695. The van der Waals surface area contributed by atoms with Crippen molar-refractivity contribution in [2.75, 3.05) is 31.6 Å². The molecule has 1 saturated heterocycles. The average molecular weight is 375 g/mol. The zero-order valence-electron chi connectivity index (χ0n) is 15.2. The minimum Gasteiger partial charge on any atom is -0.363 e. The van der Waals surface area contributed by atoms with Gasteiger partial charge in [0, 0.05) is 32.7 Å². The van der Waals surface area contributed by atoms with Gasteiger partial charge in [0.25, 0.3) is 0 Å². The Morgan fingerprint density at radius 1 is 1.27 bits per heavy atom. The minimum atomic E-state index is -0.165. The number of hydrogen-bond acceptors (Lipinski definition) is 3. The number of nitrogens with one attached hydrogen (secondary N) is 2. The summed E-state index contributed by atoms with van der Waals surface area (Å²) in [6, 6.07) is 11.6. The second-order valence-electron chi connectivity index (χ2n) is 6.59. The standard InChI is InChI=1S/C20H27FN4S/c1-22-20(23-11-3-6-16-5-2-7-17(21)15-16)24-18-9-12-25(13-10-18)19-8-4-14-26-19/h2,4-5,7-8,14-15,18H,3,6,9-13H2,1H3,(H2,22,23,24).